The van der Waals surface area contributed by atoms with Crippen LogP contribution in [0.3, 0.4) is 0 Å². The van der Waals surface area contributed by atoms with Crippen molar-refractivity contribution < 1.29 is 14.3 Å². The molecule has 0 bridgehead atoms. The van der Waals surface area contributed by atoms with Crippen LogP contribution in [0, 0.1) is 5.92 Å². The molecule has 0 saturated carbocycles. The van der Waals surface area contributed by atoms with Crippen molar-refractivity contribution >= 4 is 5.91 Å². The lowest BCUT2D eigenvalue weighted by Gasteiger charge is -2.19. The zero-order valence-electron chi connectivity index (χ0n) is 12.6. The Bertz CT molecular complexity index is 447. The predicted molar refractivity (Wildman–Crippen MR) is 79.1 cm³/mol. The lowest BCUT2D eigenvalue weighted by Crippen LogP contribution is -2.39. The van der Waals surface area contributed by atoms with E-state index in [0.29, 0.717) is 24.5 Å². The highest BCUT2D eigenvalue weighted by atomic mass is 16.5. The second kappa shape index (κ2) is 7.75. The molecule has 112 valence electrons. The fraction of sp³-hybridized carbons (Fsp3) is 0.533. The first-order valence-corrected chi connectivity index (χ1v) is 6.73. The Morgan fingerprint density at radius 2 is 2.00 bits per heavy atom. The Hall–Kier alpha value is -1.75. The fourth-order valence-corrected chi connectivity index (χ4v) is 2.07. The minimum absolute atomic E-state index is 0.0348. The van der Waals surface area contributed by atoms with Crippen LogP contribution in [0.15, 0.2) is 18.2 Å². The molecule has 20 heavy (non-hydrogen) atoms. The van der Waals surface area contributed by atoms with Crippen molar-refractivity contribution in [3.8, 4) is 11.5 Å². The van der Waals surface area contributed by atoms with Gasteiger partial charge in [0.25, 0.3) is 0 Å². The summed E-state index contributed by atoms with van der Waals surface area (Å²) in [5, 5.41) is 2.89. The molecule has 0 aliphatic heterocycles. The van der Waals surface area contributed by atoms with Crippen LogP contribution >= 0.6 is 0 Å². The molecule has 0 aliphatic rings. The van der Waals surface area contributed by atoms with Crippen LogP contribution < -0.4 is 20.5 Å². The van der Waals surface area contributed by atoms with Crippen LogP contribution in [0.25, 0.3) is 0 Å². The molecule has 0 heterocycles. The standard InChI is InChI=1S/C15H24N2O3/c1-10(2)17-15(18)12(9-16)8-11-6-5-7-13(19-3)14(11)20-4/h5-7,10,12H,8-9,16H2,1-4H3,(H,17,18). The van der Waals surface area contributed by atoms with Crippen LogP contribution in [-0.2, 0) is 11.2 Å². The highest BCUT2D eigenvalue weighted by molar-refractivity contribution is 5.79. The molecule has 0 aliphatic carbocycles. The molecule has 0 radical (unpaired) electrons. The Morgan fingerprint density at radius 3 is 2.50 bits per heavy atom. The van der Waals surface area contributed by atoms with Crippen LogP contribution in [0.5, 0.6) is 11.5 Å². The normalized spacial score (nSPS) is 12.1. The highest BCUT2D eigenvalue weighted by Crippen LogP contribution is 2.32. The lowest BCUT2D eigenvalue weighted by molar-refractivity contribution is -0.125. The summed E-state index contributed by atoms with van der Waals surface area (Å²) in [5.74, 6) is 1.00. The van der Waals surface area contributed by atoms with E-state index in [1.54, 1.807) is 14.2 Å². The van der Waals surface area contributed by atoms with Crippen LogP contribution in [-0.4, -0.2) is 32.7 Å². The smallest absolute Gasteiger partial charge is 0.224 e. The molecule has 1 atom stereocenters. The van der Waals surface area contributed by atoms with Crippen molar-refractivity contribution in [2.75, 3.05) is 20.8 Å². The van der Waals surface area contributed by atoms with E-state index in [-0.39, 0.29) is 17.9 Å². The maximum Gasteiger partial charge on any atom is 0.224 e. The van der Waals surface area contributed by atoms with E-state index in [9.17, 15) is 4.79 Å². The van der Waals surface area contributed by atoms with Crippen molar-refractivity contribution in [2.45, 2.75) is 26.3 Å². The molecule has 0 saturated heterocycles. The van der Waals surface area contributed by atoms with Gasteiger partial charge in [-0.15, -0.1) is 0 Å². The molecule has 0 aromatic heterocycles. The monoisotopic (exact) mass is 280 g/mol. The number of nitrogens with two attached hydrogens (primary N) is 1. The number of methoxy groups -OCH3 is 2. The van der Waals surface area contributed by atoms with Gasteiger partial charge in [0.1, 0.15) is 0 Å². The molecular formula is C15H24N2O3. The van der Waals surface area contributed by atoms with Gasteiger partial charge < -0.3 is 20.5 Å². The third-order valence-electron chi connectivity index (χ3n) is 3.04. The summed E-state index contributed by atoms with van der Waals surface area (Å²) < 4.78 is 10.6. The number of amides is 1. The van der Waals surface area contributed by atoms with E-state index in [0.717, 1.165) is 5.56 Å². The summed E-state index contributed by atoms with van der Waals surface area (Å²) in [6.45, 7) is 4.15. The van der Waals surface area contributed by atoms with E-state index in [2.05, 4.69) is 5.32 Å². The van der Waals surface area contributed by atoms with E-state index in [4.69, 9.17) is 15.2 Å². The maximum atomic E-state index is 12.1. The number of ether oxygens (including phenoxy) is 2. The SMILES string of the molecule is COc1cccc(CC(CN)C(=O)NC(C)C)c1OC. The first kappa shape index (κ1) is 16.3. The summed E-state index contributed by atoms with van der Waals surface area (Å²) in [4.78, 5) is 12.1. The second-order valence-corrected chi connectivity index (χ2v) is 4.95. The number of carbonyl (C=O) groups excluding carboxylic acids is 1. The average molecular weight is 280 g/mol. The summed E-state index contributed by atoms with van der Waals surface area (Å²) in [6, 6.07) is 5.73. The Balaban J connectivity index is 2.92. The molecule has 1 rings (SSSR count). The second-order valence-electron chi connectivity index (χ2n) is 4.95. The van der Waals surface area contributed by atoms with Crippen molar-refractivity contribution in [3.63, 3.8) is 0 Å². The quantitative estimate of drug-likeness (QED) is 0.790. The fourth-order valence-electron chi connectivity index (χ4n) is 2.07. The van der Waals surface area contributed by atoms with Gasteiger partial charge in [0.05, 0.1) is 20.1 Å². The van der Waals surface area contributed by atoms with E-state index in [1.165, 1.54) is 0 Å². The maximum absolute atomic E-state index is 12.1. The Labute approximate surface area is 120 Å². The topological polar surface area (TPSA) is 73.6 Å². The molecule has 1 unspecified atom stereocenters. The lowest BCUT2D eigenvalue weighted by atomic mass is 9.97. The molecule has 0 spiro atoms. The molecule has 1 aromatic carbocycles. The van der Waals surface area contributed by atoms with E-state index in [1.807, 2.05) is 32.0 Å². The van der Waals surface area contributed by atoms with Crippen molar-refractivity contribution in [1.82, 2.24) is 5.32 Å². The largest absolute Gasteiger partial charge is 0.493 e. The van der Waals surface area contributed by atoms with Gasteiger partial charge in [-0.2, -0.15) is 0 Å². The molecular weight excluding hydrogens is 256 g/mol. The number of rotatable bonds is 7. The summed E-state index contributed by atoms with van der Waals surface area (Å²) in [7, 11) is 3.18. The van der Waals surface area contributed by atoms with Crippen molar-refractivity contribution in [2.24, 2.45) is 11.7 Å². The average Bonchev–Trinajstić information content (AvgIpc) is 2.43. The van der Waals surface area contributed by atoms with E-state index >= 15 is 0 Å². The number of hydrogen-bond donors (Lipinski definition) is 2. The first-order valence-electron chi connectivity index (χ1n) is 6.73. The van der Waals surface area contributed by atoms with Gasteiger partial charge >= 0.3 is 0 Å². The minimum atomic E-state index is -0.279. The van der Waals surface area contributed by atoms with Crippen molar-refractivity contribution in [3.05, 3.63) is 23.8 Å². The van der Waals surface area contributed by atoms with Gasteiger partial charge in [-0.1, -0.05) is 12.1 Å². The van der Waals surface area contributed by atoms with Gasteiger partial charge in [0, 0.05) is 12.6 Å². The predicted octanol–water partition coefficient (Wildman–Crippen LogP) is 1.35. The zero-order chi connectivity index (χ0) is 15.1. The summed E-state index contributed by atoms with van der Waals surface area (Å²) in [5.41, 5.74) is 6.64. The molecule has 0 fully saturated rings. The van der Waals surface area contributed by atoms with E-state index < -0.39 is 0 Å². The number of nitrogens with one attached hydrogen (secondary N) is 1. The Morgan fingerprint density at radius 1 is 1.30 bits per heavy atom. The van der Waals surface area contributed by atoms with Crippen LogP contribution in [0.1, 0.15) is 19.4 Å². The first-order chi connectivity index (χ1) is 9.53. The Kier molecular flexibility index (Phi) is 6.31. The minimum Gasteiger partial charge on any atom is -0.493 e. The highest BCUT2D eigenvalue weighted by Gasteiger charge is 2.21. The molecule has 3 N–H and O–H groups in total. The molecule has 1 amide bonds. The van der Waals surface area contributed by atoms with Gasteiger partial charge in [-0.25, -0.2) is 0 Å². The summed E-state index contributed by atoms with van der Waals surface area (Å²) in [6.07, 6.45) is 0.523. The zero-order valence-corrected chi connectivity index (χ0v) is 12.6. The van der Waals surface area contributed by atoms with Gasteiger partial charge in [0.15, 0.2) is 11.5 Å². The number of benzene rings is 1. The third kappa shape index (κ3) is 4.13. The number of para-hydroxylation sites is 1. The van der Waals surface area contributed by atoms with Crippen LogP contribution in [0.4, 0.5) is 0 Å². The van der Waals surface area contributed by atoms with Gasteiger partial charge in [0.2, 0.25) is 5.91 Å². The van der Waals surface area contributed by atoms with Crippen LogP contribution in [0.2, 0.25) is 0 Å². The third-order valence-corrected chi connectivity index (χ3v) is 3.04. The van der Waals surface area contributed by atoms with Gasteiger partial charge in [-0.05, 0) is 31.9 Å². The van der Waals surface area contributed by atoms with Gasteiger partial charge in [-0.3, -0.25) is 4.79 Å². The number of carbonyl (C=O) groups is 1. The summed E-state index contributed by atoms with van der Waals surface area (Å²) >= 11 is 0. The number of hydrogen-bond acceptors (Lipinski definition) is 4. The molecule has 5 heteroatoms. The molecule has 1 aromatic rings. The van der Waals surface area contributed by atoms with Crippen molar-refractivity contribution in [1.29, 1.82) is 0 Å². The molecule has 5 nitrogen and oxygen atoms in total.